The van der Waals surface area contributed by atoms with Gasteiger partial charge < -0.3 is 4.90 Å². The van der Waals surface area contributed by atoms with Gasteiger partial charge in [0.15, 0.2) is 10.9 Å². The largest absolute Gasteiger partial charge is 0.344 e. The standard InChI is InChI=1S/C12H16N2OS2/c1-8-7-16-6-5-14(8)12-13-11-9(15)3-2-4-10(11)17-12/h8H,2-7H2,1H3. The van der Waals surface area contributed by atoms with Gasteiger partial charge in [-0.2, -0.15) is 11.8 Å². The van der Waals surface area contributed by atoms with Crippen molar-refractivity contribution in [1.82, 2.24) is 4.98 Å². The van der Waals surface area contributed by atoms with Crippen molar-refractivity contribution in [1.29, 1.82) is 0 Å². The maximum Gasteiger partial charge on any atom is 0.186 e. The first kappa shape index (κ1) is 11.5. The van der Waals surface area contributed by atoms with E-state index in [1.54, 1.807) is 11.3 Å². The van der Waals surface area contributed by atoms with Crippen LogP contribution in [0.5, 0.6) is 0 Å². The van der Waals surface area contributed by atoms with Gasteiger partial charge in [0, 0.05) is 35.4 Å². The summed E-state index contributed by atoms with van der Waals surface area (Å²) in [5, 5.41) is 1.07. The van der Waals surface area contributed by atoms with Gasteiger partial charge in [-0.1, -0.05) is 0 Å². The molecule has 2 aliphatic rings. The summed E-state index contributed by atoms with van der Waals surface area (Å²) in [5.41, 5.74) is 0.765. The van der Waals surface area contributed by atoms with Crippen LogP contribution < -0.4 is 4.90 Å². The van der Waals surface area contributed by atoms with Crippen LogP contribution in [-0.4, -0.2) is 34.9 Å². The molecule has 17 heavy (non-hydrogen) atoms. The molecule has 5 heteroatoms. The number of thiazole rings is 1. The predicted octanol–water partition coefficient (Wildman–Crippen LogP) is 2.60. The molecule has 1 aliphatic heterocycles. The van der Waals surface area contributed by atoms with Crippen molar-refractivity contribution in [2.75, 3.05) is 23.0 Å². The summed E-state index contributed by atoms with van der Waals surface area (Å²) in [6, 6.07) is 0.538. The summed E-state index contributed by atoms with van der Waals surface area (Å²) in [7, 11) is 0. The summed E-state index contributed by atoms with van der Waals surface area (Å²) in [4.78, 5) is 20.0. The molecule has 1 saturated heterocycles. The second-order valence-corrected chi connectivity index (χ2v) is 6.87. The second-order valence-electron chi connectivity index (χ2n) is 4.66. The molecule has 0 saturated carbocycles. The van der Waals surface area contributed by atoms with E-state index >= 15 is 0 Å². The Bertz CT molecular complexity index is 444. The van der Waals surface area contributed by atoms with E-state index < -0.39 is 0 Å². The summed E-state index contributed by atoms with van der Waals surface area (Å²) in [6.45, 7) is 3.31. The molecule has 1 unspecified atom stereocenters. The zero-order chi connectivity index (χ0) is 11.8. The fourth-order valence-electron chi connectivity index (χ4n) is 2.39. The molecular formula is C12H16N2OS2. The molecule has 1 aromatic heterocycles. The van der Waals surface area contributed by atoms with Gasteiger partial charge >= 0.3 is 0 Å². The van der Waals surface area contributed by atoms with Gasteiger partial charge in [-0.25, -0.2) is 4.98 Å². The van der Waals surface area contributed by atoms with Crippen molar-refractivity contribution in [2.24, 2.45) is 0 Å². The number of aryl methyl sites for hydroxylation is 1. The van der Waals surface area contributed by atoms with Crippen LogP contribution in [0.25, 0.3) is 0 Å². The Morgan fingerprint density at radius 1 is 1.41 bits per heavy atom. The number of thioether (sulfide) groups is 1. The van der Waals surface area contributed by atoms with Gasteiger partial charge in [-0.15, -0.1) is 11.3 Å². The van der Waals surface area contributed by atoms with Crippen molar-refractivity contribution >= 4 is 34.0 Å². The van der Waals surface area contributed by atoms with Gasteiger partial charge in [-0.05, 0) is 19.8 Å². The van der Waals surface area contributed by atoms with E-state index in [0.717, 1.165) is 36.0 Å². The van der Waals surface area contributed by atoms with E-state index in [0.29, 0.717) is 12.5 Å². The average Bonchev–Trinajstić information content (AvgIpc) is 2.75. The van der Waals surface area contributed by atoms with Crippen LogP contribution in [0.15, 0.2) is 0 Å². The predicted molar refractivity (Wildman–Crippen MR) is 73.5 cm³/mol. The minimum absolute atomic E-state index is 0.243. The Kier molecular flexibility index (Phi) is 3.13. The highest BCUT2D eigenvalue weighted by Crippen LogP contribution is 2.34. The first-order valence-corrected chi connectivity index (χ1v) is 8.10. The van der Waals surface area contributed by atoms with Crippen LogP contribution in [0, 0.1) is 0 Å². The molecule has 1 atom stereocenters. The Labute approximate surface area is 110 Å². The average molecular weight is 268 g/mol. The van der Waals surface area contributed by atoms with Gasteiger partial charge in [0.2, 0.25) is 0 Å². The van der Waals surface area contributed by atoms with Crippen LogP contribution >= 0.6 is 23.1 Å². The highest BCUT2D eigenvalue weighted by atomic mass is 32.2. The lowest BCUT2D eigenvalue weighted by molar-refractivity contribution is 0.0968. The zero-order valence-corrected chi connectivity index (χ0v) is 11.6. The molecule has 0 radical (unpaired) electrons. The lowest BCUT2D eigenvalue weighted by atomic mass is 10.0. The van der Waals surface area contributed by atoms with Crippen molar-refractivity contribution in [2.45, 2.75) is 32.2 Å². The van der Waals surface area contributed by atoms with Gasteiger partial charge in [0.25, 0.3) is 0 Å². The van der Waals surface area contributed by atoms with E-state index in [1.165, 1.54) is 10.6 Å². The van der Waals surface area contributed by atoms with E-state index in [2.05, 4.69) is 16.8 Å². The van der Waals surface area contributed by atoms with Crippen LogP contribution in [0.4, 0.5) is 5.13 Å². The highest BCUT2D eigenvalue weighted by molar-refractivity contribution is 7.99. The number of ketones is 1. The molecule has 0 aromatic carbocycles. The lowest BCUT2D eigenvalue weighted by Gasteiger charge is -2.32. The SMILES string of the molecule is CC1CSCCN1c1nc2c(s1)CCCC2=O. The molecular weight excluding hydrogens is 252 g/mol. The third-order valence-electron chi connectivity index (χ3n) is 3.37. The Morgan fingerprint density at radius 3 is 3.06 bits per heavy atom. The van der Waals surface area contributed by atoms with Crippen LogP contribution in [0.2, 0.25) is 0 Å². The van der Waals surface area contributed by atoms with Crippen LogP contribution in [0.3, 0.4) is 0 Å². The second kappa shape index (κ2) is 4.61. The minimum Gasteiger partial charge on any atom is -0.344 e. The molecule has 0 bridgehead atoms. The summed E-state index contributed by atoms with van der Waals surface area (Å²) in [6.07, 6.45) is 2.72. The third-order valence-corrected chi connectivity index (χ3v) is 5.71. The molecule has 0 N–H and O–H groups in total. The number of aromatic nitrogens is 1. The van der Waals surface area contributed by atoms with Gasteiger partial charge in [0.05, 0.1) is 0 Å². The van der Waals surface area contributed by atoms with Crippen molar-refractivity contribution in [3.8, 4) is 0 Å². The molecule has 2 heterocycles. The molecule has 1 fully saturated rings. The number of carbonyl (C=O) groups is 1. The van der Waals surface area contributed by atoms with Crippen LogP contribution in [0.1, 0.15) is 35.1 Å². The number of hydrogen-bond donors (Lipinski definition) is 0. The third kappa shape index (κ3) is 2.10. The molecule has 0 amide bonds. The quantitative estimate of drug-likeness (QED) is 0.784. The summed E-state index contributed by atoms with van der Waals surface area (Å²) >= 11 is 3.74. The molecule has 3 rings (SSSR count). The van der Waals surface area contributed by atoms with Crippen LogP contribution in [-0.2, 0) is 6.42 Å². The first-order chi connectivity index (χ1) is 8.25. The normalized spacial score (nSPS) is 24.9. The Balaban J connectivity index is 1.90. The maximum absolute atomic E-state index is 11.8. The van der Waals surface area contributed by atoms with Crippen molar-refractivity contribution < 1.29 is 4.79 Å². The van der Waals surface area contributed by atoms with Gasteiger partial charge in [0.1, 0.15) is 5.69 Å². The summed E-state index contributed by atoms with van der Waals surface area (Å²) < 4.78 is 0. The number of nitrogens with zero attached hydrogens (tertiary/aromatic N) is 2. The number of carbonyl (C=O) groups excluding carboxylic acids is 1. The number of rotatable bonds is 1. The molecule has 92 valence electrons. The van der Waals surface area contributed by atoms with E-state index in [4.69, 9.17) is 0 Å². The highest BCUT2D eigenvalue weighted by Gasteiger charge is 2.27. The maximum atomic E-state index is 11.8. The fraction of sp³-hybridized carbons (Fsp3) is 0.667. The summed E-state index contributed by atoms with van der Waals surface area (Å²) in [5.74, 6) is 2.58. The fourth-order valence-corrected chi connectivity index (χ4v) is 4.65. The van der Waals surface area contributed by atoms with Crippen molar-refractivity contribution in [3.63, 3.8) is 0 Å². The molecule has 1 aromatic rings. The zero-order valence-electron chi connectivity index (χ0n) is 9.94. The van der Waals surface area contributed by atoms with E-state index in [9.17, 15) is 4.79 Å². The van der Waals surface area contributed by atoms with Gasteiger partial charge in [-0.3, -0.25) is 4.79 Å². The van der Waals surface area contributed by atoms with Crippen molar-refractivity contribution in [3.05, 3.63) is 10.6 Å². The molecule has 0 spiro atoms. The number of hydrogen-bond acceptors (Lipinski definition) is 5. The number of anilines is 1. The minimum atomic E-state index is 0.243. The van der Waals surface area contributed by atoms with E-state index in [-0.39, 0.29) is 5.78 Å². The topological polar surface area (TPSA) is 33.2 Å². The van der Waals surface area contributed by atoms with E-state index in [1.807, 2.05) is 11.8 Å². The molecule has 1 aliphatic carbocycles. The Morgan fingerprint density at radius 2 is 2.29 bits per heavy atom. The smallest absolute Gasteiger partial charge is 0.186 e. The monoisotopic (exact) mass is 268 g/mol. The lowest BCUT2D eigenvalue weighted by Crippen LogP contribution is -2.40. The molecule has 3 nitrogen and oxygen atoms in total. The number of fused-ring (bicyclic) bond motifs is 1. The Hall–Kier alpha value is -0.550. The number of Topliss-reactive ketones (excluding diaryl/α,β-unsaturated/α-hetero) is 1. The first-order valence-electron chi connectivity index (χ1n) is 6.13.